The zero-order chi connectivity index (χ0) is 15.0. The number of para-hydroxylation sites is 1. The van der Waals surface area contributed by atoms with Crippen LogP contribution in [0.4, 0.5) is 5.69 Å². The summed E-state index contributed by atoms with van der Waals surface area (Å²) in [6.07, 6.45) is 3.24. The zero-order valence-electron chi connectivity index (χ0n) is 13.4. The number of benzene rings is 1. The molecule has 1 fully saturated rings. The molecule has 1 N–H and O–H groups in total. The first-order valence-corrected chi connectivity index (χ1v) is 8.10. The van der Waals surface area contributed by atoms with Crippen LogP contribution in [-0.4, -0.2) is 29.9 Å². The second kappa shape index (κ2) is 5.36. The van der Waals surface area contributed by atoms with Crippen LogP contribution >= 0.6 is 0 Å². The number of hydrogen-bond donors (Lipinski definition) is 1. The molecule has 0 saturated carbocycles. The predicted molar refractivity (Wildman–Crippen MR) is 86.5 cm³/mol. The van der Waals surface area contributed by atoms with Crippen LogP contribution in [0.2, 0.25) is 0 Å². The van der Waals surface area contributed by atoms with Crippen molar-refractivity contribution in [3.05, 3.63) is 29.8 Å². The van der Waals surface area contributed by atoms with Gasteiger partial charge in [-0.15, -0.1) is 0 Å². The minimum absolute atomic E-state index is 0.0198. The van der Waals surface area contributed by atoms with Crippen molar-refractivity contribution in [3.63, 3.8) is 0 Å². The highest BCUT2D eigenvalue weighted by Crippen LogP contribution is 2.37. The lowest BCUT2D eigenvalue weighted by Crippen LogP contribution is -2.46. The summed E-state index contributed by atoms with van der Waals surface area (Å²) in [5, 5.41) is 3.49. The molecule has 1 aromatic rings. The molecule has 1 amide bonds. The average Bonchev–Trinajstić information content (AvgIpc) is 2.44. The smallest absolute Gasteiger partial charge is 0.230 e. The number of hydrogen-bond acceptors (Lipinski definition) is 2. The fraction of sp³-hybridized carbons (Fsp3) is 0.611. The van der Waals surface area contributed by atoms with Crippen LogP contribution in [0, 0.1) is 5.41 Å². The van der Waals surface area contributed by atoms with E-state index in [-0.39, 0.29) is 11.3 Å². The summed E-state index contributed by atoms with van der Waals surface area (Å²) < 4.78 is 0. The van der Waals surface area contributed by atoms with Gasteiger partial charge in [0, 0.05) is 24.8 Å². The summed E-state index contributed by atoms with van der Waals surface area (Å²) in [4.78, 5) is 15.1. The fourth-order valence-corrected chi connectivity index (χ4v) is 3.80. The third-order valence-corrected chi connectivity index (χ3v) is 4.84. The summed E-state index contributed by atoms with van der Waals surface area (Å²) >= 11 is 0. The van der Waals surface area contributed by atoms with Crippen molar-refractivity contribution in [1.82, 2.24) is 4.90 Å². The molecule has 2 unspecified atom stereocenters. The molecule has 21 heavy (non-hydrogen) atoms. The Morgan fingerprint density at radius 2 is 2.10 bits per heavy atom. The molecular weight excluding hydrogens is 260 g/mol. The summed E-state index contributed by atoms with van der Waals surface area (Å²) in [5.41, 5.74) is 2.56. The van der Waals surface area contributed by atoms with Gasteiger partial charge < -0.3 is 10.2 Å². The molecule has 2 atom stereocenters. The quantitative estimate of drug-likeness (QED) is 0.855. The van der Waals surface area contributed by atoms with Gasteiger partial charge in [-0.1, -0.05) is 32.0 Å². The number of carbonyl (C=O) groups excluding carboxylic acids is 1. The maximum atomic E-state index is 13.0. The van der Waals surface area contributed by atoms with Crippen LogP contribution in [0.5, 0.6) is 0 Å². The van der Waals surface area contributed by atoms with Gasteiger partial charge in [0.25, 0.3) is 0 Å². The number of piperidine rings is 1. The molecule has 0 radical (unpaired) electrons. The molecule has 0 aliphatic carbocycles. The van der Waals surface area contributed by atoms with Crippen molar-refractivity contribution in [1.29, 1.82) is 0 Å². The number of amides is 1. The second-order valence-corrected chi connectivity index (χ2v) is 7.45. The molecule has 114 valence electrons. The lowest BCUT2D eigenvalue weighted by atomic mass is 9.82. The summed E-state index contributed by atoms with van der Waals surface area (Å²) in [6.45, 7) is 8.52. The second-order valence-electron chi connectivity index (χ2n) is 7.45. The first kappa shape index (κ1) is 14.4. The number of nitrogens with zero attached hydrogens (tertiary/aromatic N) is 1. The Labute approximate surface area is 127 Å². The maximum Gasteiger partial charge on any atom is 0.230 e. The lowest BCUT2D eigenvalue weighted by Gasteiger charge is -2.41. The van der Waals surface area contributed by atoms with Crippen molar-refractivity contribution in [3.8, 4) is 0 Å². The van der Waals surface area contributed by atoms with E-state index >= 15 is 0 Å². The third kappa shape index (κ3) is 2.92. The molecule has 3 rings (SSSR count). The minimum Gasteiger partial charge on any atom is -0.382 e. The Kier molecular flexibility index (Phi) is 3.68. The van der Waals surface area contributed by atoms with Gasteiger partial charge in [0.1, 0.15) is 0 Å². The highest BCUT2D eigenvalue weighted by molar-refractivity contribution is 5.86. The zero-order valence-corrected chi connectivity index (χ0v) is 13.4. The van der Waals surface area contributed by atoms with Crippen molar-refractivity contribution >= 4 is 11.6 Å². The van der Waals surface area contributed by atoms with Crippen LogP contribution in [0.3, 0.4) is 0 Å². The SMILES string of the molecule is CC1CC(C(=O)N2CCCC(C)(C)C2)c2ccccc2N1. The first-order valence-electron chi connectivity index (χ1n) is 8.10. The van der Waals surface area contributed by atoms with Gasteiger partial charge in [-0.2, -0.15) is 0 Å². The Morgan fingerprint density at radius 1 is 1.33 bits per heavy atom. The molecule has 3 nitrogen and oxygen atoms in total. The Balaban J connectivity index is 1.85. The van der Waals surface area contributed by atoms with E-state index in [4.69, 9.17) is 0 Å². The van der Waals surface area contributed by atoms with Crippen molar-refractivity contribution in [2.45, 2.75) is 52.0 Å². The minimum atomic E-state index is 0.0198. The van der Waals surface area contributed by atoms with Gasteiger partial charge in [0.2, 0.25) is 5.91 Å². The van der Waals surface area contributed by atoms with Gasteiger partial charge in [-0.05, 0) is 43.2 Å². The molecule has 1 aromatic carbocycles. The van der Waals surface area contributed by atoms with E-state index in [0.29, 0.717) is 11.9 Å². The van der Waals surface area contributed by atoms with Gasteiger partial charge in [-0.25, -0.2) is 0 Å². The van der Waals surface area contributed by atoms with Gasteiger partial charge in [0.05, 0.1) is 5.92 Å². The first-order chi connectivity index (χ1) is 9.96. The van der Waals surface area contributed by atoms with Crippen LogP contribution in [-0.2, 0) is 4.79 Å². The monoisotopic (exact) mass is 286 g/mol. The maximum absolute atomic E-state index is 13.0. The number of fused-ring (bicyclic) bond motifs is 1. The standard InChI is InChI=1S/C18H26N2O/c1-13-11-15(14-7-4-5-8-16(14)19-13)17(21)20-10-6-9-18(2,3)12-20/h4-5,7-8,13,15,19H,6,9-12H2,1-3H3. The summed E-state index contributed by atoms with van der Waals surface area (Å²) in [6, 6.07) is 8.62. The molecule has 2 aliphatic rings. The Bertz CT molecular complexity index is 538. The summed E-state index contributed by atoms with van der Waals surface area (Å²) in [5.74, 6) is 0.343. The highest BCUT2D eigenvalue weighted by atomic mass is 16.2. The molecule has 2 heterocycles. The molecule has 2 aliphatic heterocycles. The average molecular weight is 286 g/mol. The van der Waals surface area contributed by atoms with E-state index in [0.717, 1.165) is 31.6 Å². The van der Waals surface area contributed by atoms with Gasteiger partial charge >= 0.3 is 0 Å². The summed E-state index contributed by atoms with van der Waals surface area (Å²) in [7, 11) is 0. The molecule has 0 aromatic heterocycles. The Hall–Kier alpha value is -1.51. The Morgan fingerprint density at radius 3 is 2.86 bits per heavy atom. The number of likely N-dealkylation sites (tertiary alicyclic amines) is 1. The van der Waals surface area contributed by atoms with Crippen LogP contribution < -0.4 is 5.32 Å². The van der Waals surface area contributed by atoms with E-state index in [1.54, 1.807) is 0 Å². The van der Waals surface area contributed by atoms with E-state index in [1.165, 1.54) is 12.0 Å². The highest BCUT2D eigenvalue weighted by Gasteiger charge is 2.36. The fourth-order valence-electron chi connectivity index (χ4n) is 3.80. The number of carbonyl (C=O) groups is 1. The third-order valence-electron chi connectivity index (χ3n) is 4.84. The van der Waals surface area contributed by atoms with Crippen LogP contribution in [0.25, 0.3) is 0 Å². The van der Waals surface area contributed by atoms with E-state index in [9.17, 15) is 4.79 Å². The van der Waals surface area contributed by atoms with Crippen molar-refractivity contribution in [2.24, 2.45) is 5.41 Å². The molecule has 1 saturated heterocycles. The van der Waals surface area contributed by atoms with Crippen LogP contribution in [0.1, 0.15) is 51.5 Å². The lowest BCUT2D eigenvalue weighted by molar-refractivity contribution is -0.136. The van der Waals surface area contributed by atoms with E-state index in [2.05, 4.69) is 43.1 Å². The molecule has 0 spiro atoms. The molecule has 0 bridgehead atoms. The van der Waals surface area contributed by atoms with Gasteiger partial charge in [0.15, 0.2) is 0 Å². The predicted octanol–water partition coefficient (Wildman–Crippen LogP) is 3.62. The van der Waals surface area contributed by atoms with Gasteiger partial charge in [-0.3, -0.25) is 4.79 Å². The number of anilines is 1. The largest absolute Gasteiger partial charge is 0.382 e. The topological polar surface area (TPSA) is 32.3 Å². The van der Waals surface area contributed by atoms with E-state index in [1.807, 2.05) is 12.1 Å². The number of rotatable bonds is 1. The molecule has 3 heteroatoms. The normalized spacial score (nSPS) is 27.7. The molecular formula is C18H26N2O. The van der Waals surface area contributed by atoms with E-state index < -0.39 is 0 Å². The van der Waals surface area contributed by atoms with Crippen molar-refractivity contribution in [2.75, 3.05) is 18.4 Å². The number of nitrogens with one attached hydrogen (secondary N) is 1. The van der Waals surface area contributed by atoms with Crippen molar-refractivity contribution < 1.29 is 4.79 Å². The van der Waals surface area contributed by atoms with Crippen LogP contribution in [0.15, 0.2) is 24.3 Å².